The van der Waals surface area contributed by atoms with Crippen molar-refractivity contribution < 1.29 is 23.1 Å². The van der Waals surface area contributed by atoms with E-state index < -0.39 is 23.5 Å². The number of carbonyl (C=O) groups excluding carboxylic acids is 2. The fourth-order valence-corrected chi connectivity index (χ4v) is 2.81. The van der Waals surface area contributed by atoms with Gasteiger partial charge in [-0.25, -0.2) is 13.6 Å². The summed E-state index contributed by atoms with van der Waals surface area (Å²) >= 11 is 0. The first-order valence-electron chi connectivity index (χ1n) is 7.79. The number of amides is 1. The highest BCUT2D eigenvalue weighted by Crippen LogP contribution is 2.35. The molecule has 0 aliphatic carbocycles. The number of carbonyl (C=O) groups is 2. The topological polar surface area (TPSA) is 46.6 Å². The maximum Gasteiger partial charge on any atom is 0.340 e. The number of esters is 1. The fraction of sp³-hybridized carbons (Fsp3) is 0.100. The molecule has 0 saturated carbocycles. The second-order valence-electron chi connectivity index (χ2n) is 5.68. The average molecular weight is 355 g/mol. The molecule has 0 fully saturated rings. The second kappa shape index (κ2) is 6.92. The zero-order valence-corrected chi connectivity index (χ0v) is 14.1. The molecule has 2 aromatic carbocycles. The van der Waals surface area contributed by atoms with E-state index in [4.69, 9.17) is 4.74 Å². The third kappa shape index (κ3) is 3.13. The fourth-order valence-electron chi connectivity index (χ4n) is 2.81. The smallest absolute Gasteiger partial charge is 0.340 e. The number of anilines is 1. The highest BCUT2D eigenvalue weighted by molar-refractivity contribution is 6.23. The number of methoxy groups -OCH3 is 1. The average Bonchev–Trinajstić information content (AvgIpc) is 2.87. The molecule has 0 unspecified atom stereocenters. The molecule has 0 bridgehead atoms. The van der Waals surface area contributed by atoms with E-state index in [9.17, 15) is 18.4 Å². The van der Waals surface area contributed by atoms with E-state index in [1.165, 1.54) is 66.6 Å². The summed E-state index contributed by atoms with van der Waals surface area (Å²) in [6.45, 7) is 1.61. The van der Waals surface area contributed by atoms with Crippen molar-refractivity contribution in [1.82, 2.24) is 0 Å². The van der Waals surface area contributed by atoms with Crippen LogP contribution in [0.25, 0.3) is 6.08 Å². The first kappa shape index (κ1) is 17.5. The summed E-state index contributed by atoms with van der Waals surface area (Å²) in [6.07, 6.45) is 1.50. The van der Waals surface area contributed by atoms with Crippen LogP contribution in [0.3, 0.4) is 0 Å². The van der Waals surface area contributed by atoms with Crippen molar-refractivity contribution in [2.75, 3.05) is 12.0 Å². The molecule has 4 nitrogen and oxygen atoms in total. The lowest BCUT2D eigenvalue weighted by molar-refractivity contribution is -0.136. The Labute approximate surface area is 149 Å². The Bertz CT molecular complexity index is 929. The number of benzene rings is 2. The van der Waals surface area contributed by atoms with Crippen molar-refractivity contribution in [3.05, 3.63) is 82.6 Å². The highest BCUT2D eigenvalue weighted by atomic mass is 19.1. The minimum atomic E-state index is -0.658. The van der Waals surface area contributed by atoms with Crippen LogP contribution in [0.5, 0.6) is 0 Å². The summed E-state index contributed by atoms with van der Waals surface area (Å²) in [6, 6.07) is 10.9. The molecule has 0 spiro atoms. The maximum atomic E-state index is 13.2. The molecule has 1 heterocycles. The van der Waals surface area contributed by atoms with Crippen molar-refractivity contribution in [2.45, 2.75) is 6.92 Å². The van der Waals surface area contributed by atoms with Gasteiger partial charge in [0.1, 0.15) is 11.6 Å². The maximum absolute atomic E-state index is 13.2. The van der Waals surface area contributed by atoms with Crippen LogP contribution in [0, 0.1) is 11.6 Å². The molecule has 0 atom stereocenters. The summed E-state index contributed by atoms with van der Waals surface area (Å²) in [7, 11) is 1.23. The van der Waals surface area contributed by atoms with Crippen molar-refractivity contribution in [3.8, 4) is 0 Å². The van der Waals surface area contributed by atoms with Crippen molar-refractivity contribution >= 4 is 23.6 Å². The molecule has 0 radical (unpaired) electrons. The number of ether oxygens (including phenoxy) is 1. The van der Waals surface area contributed by atoms with Gasteiger partial charge in [-0.2, -0.15) is 0 Å². The summed E-state index contributed by atoms with van der Waals surface area (Å²) in [5.41, 5.74) is 1.61. The number of rotatable bonds is 3. The van der Waals surface area contributed by atoms with Gasteiger partial charge in [-0.15, -0.1) is 0 Å². The van der Waals surface area contributed by atoms with Crippen LogP contribution in [0.4, 0.5) is 14.5 Å². The van der Waals surface area contributed by atoms with Gasteiger partial charge in [-0.3, -0.25) is 9.69 Å². The lowest BCUT2D eigenvalue weighted by Crippen LogP contribution is -2.24. The third-order valence-electron chi connectivity index (χ3n) is 4.06. The zero-order valence-electron chi connectivity index (χ0n) is 14.1. The molecule has 2 aromatic rings. The number of halogens is 2. The van der Waals surface area contributed by atoms with Gasteiger partial charge in [0.25, 0.3) is 5.91 Å². The third-order valence-corrected chi connectivity index (χ3v) is 4.06. The molecule has 1 aliphatic rings. The van der Waals surface area contributed by atoms with E-state index in [1.54, 1.807) is 6.92 Å². The lowest BCUT2D eigenvalue weighted by Gasteiger charge is -2.17. The van der Waals surface area contributed by atoms with Crippen LogP contribution < -0.4 is 4.90 Å². The molecule has 0 aromatic heterocycles. The SMILES string of the molecule is COC(=O)C1=C(C)N(c2ccc(F)cc2)C(=O)/C1=C\c1ccc(F)cc1. The lowest BCUT2D eigenvalue weighted by atomic mass is 10.0. The van der Waals surface area contributed by atoms with Crippen molar-refractivity contribution in [2.24, 2.45) is 0 Å². The van der Waals surface area contributed by atoms with E-state index in [0.717, 1.165) is 0 Å². The van der Waals surface area contributed by atoms with Gasteiger partial charge in [0.2, 0.25) is 0 Å². The quantitative estimate of drug-likeness (QED) is 0.621. The molecule has 26 heavy (non-hydrogen) atoms. The molecule has 132 valence electrons. The standard InChI is InChI=1S/C20H15F2NO3/c1-12-18(20(25)26-2)17(11-13-3-5-14(21)6-4-13)19(24)23(12)16-9-7-15(22)8-10-16/h3-11H,1-2H3/b17-11-. The van der Waals surface area contributed by atoms with E-state index in [2.05, 4.69) is 0 Å². The summed E-state index contributed by atoms with van der Waals surface area (Å²) in [5, 5.41) is 0. The van der Waals surface area contributed by atoms with E-state index in [1.807, 2.05) is 0 Å². The summed E-state index contributed by atoms with van der Waals surface area (Å²) < 4.78 is 31.1. The second-order valence-corrected chi connectivity index (χ2v) is 5.68. The summed E-state index contributed by atoms with van der Waals surface area (Å²) in [4.78, 5) is 26.5. The normalized spacial score (nSPS) is 15.8. The predicted octanol–water partition coefficient (Wildman–Crippen LogP) is 3.84. The van der Waals surface area contributed by atoms with Gasteiger partial charge in [0, 0.05) is 11.4 Å². The number of allylic oxidation sites excluding steroid dienone is 1. The highest BCUT2D eigenvalue weighted by Gasteiger charge is 2.37. The van der Waals surface area contributed by atoms with Gasteiger partial charge >= 0.3 is 5.97 Å². The van der Waals surface area contributed by atoms with Gasteiger partial charge < -0.3 is 4.74 Å². The van der Waals surface area contributed by atoms with E-state index in [-0.39, 0.29) is 11.1 Å². The molecule has 1 aliphatic heterocycles. The van der Waals surface area contributed by atoms with E-state index in [0.29, 0.717) is 16.9 Å². The minimum Gasteiger partial charge on any atom is -0.465 e. The van der Waals surface area contributed by atoms with Gasteiger partial charge in [0.15, 0.2) is 0 Å². The van der Waals surface area contributed by atoms with Gasteiger partial charge in [-0.1, -0.05) is 12.1 Å². The molecule has 3 rings (SSSR count). The van der Waals surface area contributed by atoms with Crippen LogP contribution in [0.15, 0.2) is 65.4 Å². The number of hydrogen-bond acceptors (Lipinski definition) is 3. The zero-order chi connectivity index (χ0) is 18.8. The summed E-state index contributed by atoms with van der Waals surface area (Å²) in [5.74, 6) is -1.94. The number of hydrogen-bond donors (Lipinski definition) is 0. The number of nitrogens with zero attached hydrogens (tertiary/aromatic N) is 1. The van der Waals surface area contributed by atoms with Crippen molar-refractivity contribution in [1.29, 1.82) is 0 Å². The Morgan fingerprint density at radius 3 is 2.08 bits per heavy atom. The molecular weight excluding hydrogens is 340 g/mol. The van der Waals surface area contributed by atoms with Crippen LogP contribution in [-0.2, 0) is 14.3 Å². The molecule has 1 amide bonds. The van der Waals surface area contributed by atoms with Gasteiger partial charge in [-0.05, 0) is 55.0 Å². The first-order chi connectivity index (χ1) is 12.4. The Balaban J connectivity index is 2.12. The van der Waals surface area contributed by atoms with Crippen LogP contribution in [0.2, 0.25) is 0 Å². The van der Waals surface area contributed by atoms with Crippen LogP contribution in [-0.4, -0.2) is 19.0 Å². The monoisotopic (exact) mass is 355 g/mol. The van der Waals surface area contributed by atoms with Gasteiger partial charge in [0.05, 0.1) is 18.3 Å². The van der Waals surface area contributed by atoms with Crippen LogP contribution >= 0.6 is 0 Å². The Morgan fingerprint density at radius 1 is 1.00 bits per heavy atom. The van der Waals surface area contributed by atoms with E-state index >= 15 is 0 Å². The molecule has 6 heteroatoms. The molecule has 0 N–H and O–H groups in total. The minimum absolute atomic E-state index is 0.117. The van der Waals surface area contributed by atoms with Crippen molar-refractivity contribution in [3.63, 3.8) is 0 Å². The Morgan fingerprint density at radius 2 is 1.54 bits per heavy atom. The first-order valence-corrected chi connectivity index (χ1v) is 7.79. The predicted molar refractivity (Wildman–Crippen MR) is 93.0 cm³/mol. The molecular formula is C20H15F2NO3. The van der Waals surface area contributed by atoms with Crippen LogP contribution in [0.1, 0.15) is 12.5 Å². The largest absolute Gasteiger partial charge is 0.465 e. The molecule has 0 saturated heterocycles. The Kier molecular flexibility index (Phi) is 4.67. The Hall–Kier alpha value is -3.28.